The summed E-state index contributed by atoms with van der Waals surface area (Å²) >= 11 is 3.39. The summed E-state index contributed by atoms with van der Waals surface area (Å²) in [7, 11) is 1.60. The number of hydrogen-bond acceptors (Lipinski definition) is 4. The normalized spacial score (nSPS) is 10.8. The molecule has 0 aliphatic carbocycles. The molecule has 2 rings (SSSR count). The minimum atomic E-state index is -0.399. The highest BCUT2D eigenvalue weighted by Crippen LogP contribution is 2.33. The largest absolute Gasteiger partial charge is 0.496 e. The van der Waals surface area contributed by atoms with Gasteiger partial charge < -0.3 is 9.15 Å². The van der Waals surface area contributed by atoms with Crippen LogP contribution in [0.2, 0.25) is 0 Å². The first kappa shape index (κ1) is 14.4. The molecule has 0 atom stereocenters. The van der Waals surface area contributed by atoms with Crippen LogP contribution in [0.5, 0.6) is 5.75 Å². The number of halogens is 1. The van der Waals surface area contributed by atoms with E-state index in [1.807, 2.05) is 29.7 Å². The van der Waals surface area contributed by atoms with Gasteiger partial charge in [-0.1, -0.05) is 15.9 Å². The van der Waals surface area contributed by atoms with E-state index in [-0.39, 0.29) is 0 Å². The number of benzene rings is 1. The molecule has 1 aromatic heterocycles. The first-order valence-electron chi connectivity index (χ1n) is 5.76. The molecule has 0 saturated carbocycles. The van der Waals surface area contributed by atoms with E-state index in [4.69, 9.17) is 15.0 Å². The molecule has 20 heavy (non-hydrogen) atoms. The number of carbonyl (C=O) groups is 1. The molecule has 1 heterocycles. The second kappa shape index (κ2) is 6.40. The SMILES string of the molecule is COc1cc(Br)ccc1-c1ccc(/C=C/C(=O)NN)o1. The Morgan fingerprint density at radius 3 is 2.90 bits per heavy atom. The van der Waals surface area contributed by atoms with Crippen LogP contribution in [-0.2, 0) is 4.79 Å². The topological polar surface area (TPSA) is 77.5 Å². The Labute approximate surface area is 124 Å². The Bertz CT molecular complexity index is 650. The van der Waals surface area contributed by atoms with Crippen LogP contribution < -0.4 is 16.0 Å². The van der Waals surface area contributed by atoms with Crippen LogP contribution in [0.15, 0.2) is 45.3 Å². The number of hydrazine groups is 1. The standard InChI is InChI=1S/C14H13BrN2O3/c1-19-13-8-9(15)2-5-11(13)12-6-3-10(20-12)4-7-14(18)17-16/h2-8H,16H2,1H3,(H,17,18)/b7-4+. The Morgan fingerprint density at radius 1 is 1.40 bits per heavy atom. The maximum atomic E-state index is 11.0. The van der Waals surface area contributed by atoms with Gasteiger partial charge in [0.25, 0.3) is 5.91 Å². The molecule has 2 aromatic rings. The maximum absolute atomic E-state index is 11.0. The fourth-order valence-electron chi connectivity index (χ4n) is 1.66. The lowest BCUT2D eigenvalue weighted by Gasteiger charge is -2.06. The summed E-state index contributed by atoms with van der Waals surface area (Å²) in [4.78, 5) is 11.0. The van der Waals surface area contributed by atoms with E-state index in [2.05, 4.69) is 15.9 Å². The third kappa shape index (κ3) is 3.28. The predicted molar refractivity (Wildman–Crippen MR) is 79.8 cm³/mol. The smallest absolute Gasteiger partial charge is 0.258 e. The van der Waals surface area contributed by atoms with E-state index in [1.165, 1.54) is 12.2 Å². The Balaban J connectivity index is 2.29. The van der Waals surface area contributed by atoms with Crippen LogP contribution >= 0.6 is 15.9 Å². The molecular formula is C14H13BrN2O3. The minimum Gasteiger partial charge on any atom is -0.496 e. The second-order valence-electron chi connectivity index (χ2n) is 3.89. The Kier molecular flexibility index (Phi) is 4.60. The molecule has 104 valence electrons. The third-order valence-corrected chi connectivity index (χ3v) is 3.09. The van der Waals surface area contributed by atoms with Crippen molar-refractivity contribution in [3.8, 4) is 17.1 Å². The van der Waals surface area contributed by atoms with Gasteiger partial charge in [0.15, 0.2) is 0 Å². The van der Waals surface area contributed by atoms with E-state index >= 15 is 0 Å². The van der Waals surface area contributed by atoms with Crippen molar-refractivity contribution in [3.63, 3.8) is 0 Å². The van der Waals surface area contributed by atoms with Crippen molar-refractivity contribution in [1.82, 2.24) is 5.43 Å². The zero-order valence-corrected chi connectivity index (χ0v) is 12.3. The summed E-state index contributed by atoms with van der Waals surface area (Å²) in [6, 6.07) is 9.22. The lowest BCUT2D eigenvalue weighted by molar-refractivity contribution is -0.116. The first-order valence-corrected chi connectivity index (χ1v) is 6.55. The number of methoxy groups -OCH3 is 1. The first-order chi connectivity index (χ1) is 9.63. The zero-order valence-electron chi connectivity index (χ0n) is 10.7. The zero-order chi connectivity index (χ0) is 14.5. The molecule has 1 aromatic carbocycles. The fourth-order valence-corrected chi connectivity index (χ4v) is 2.00. The van der Waals surface area contributed by atoms with Crippen LogP contribution in [0.1, 0.15) is 5.76 Å². The summed E-state index contributed by atoms with van der Waals surface area (Å²) in [6.45, 7) is 0. The van der Waals surface area contributed by atoms with Crippen LogP contribution in [-0.4, -0.2) is 13.0 Å². The number of carbonyl (C=O) groups excluding carboxylic acids is 1. The van der Waals surface area contributed by atoms with E-state index in [0.29, 0.717) is 17.3 Å². The van der Waals surface area contributed by atoms with Crippen LogP contribution in [0.3, 0.4) is 0 Å². The molecule has 0 saturated heterocycles. The van der Waals surface area contributed by atoms with Gasteiger partial charge in [-0.3, -0.25) is 10.2 Å². The molecule has 0 aliphatic heterocycles. The van der Waals surface area contributed by atoms with Gasteiger partial charge in [-0.25, -0.2) is 5.84 Å². The number of amides is 1. The van der Waals surface area contributed by atoms with Gasteiger partial charge in [0.2, 0.25) is 0 Å². The van der Waals surface area contributed by atoms with Crippen molar-refractivity contribution in [3.05, 3.63) is 46.6 Å². The average molecular weight is 337 g/mol. The monoisotopic (exact) mass is 336 g/mol. The number of ether oxygens (including phenoxy) is 1. The number of nitrogens with two attached hydrogens (primary N) is 1. The summed E-state index contributed by atoms with van der Waals surface area (Å²) < 4.78 is 11.9. The molecule has 1 amide bonds. The van der Waals surface area contributed by atoms with Gasteiger partial charge in [0, 0.05) is 10.5 Å². The average Bonchev–Trinajstić information content (AvgIpc) is 2.93. The number of nitrogens with one attached hydrogen (secondary N) is 1. The van der Waals surface area contributed by atoms with E-state index in [9.17, 15) is 4.79 Å². The molecule has 0 radical (unpaired) electrons. The summed E-state index contributed by atoms with van der Waals surface area (Å²) in [5.74, 6) is 6.49. The van der Waals surface area contributed by atoms with Crippen molar-refractivity contribution >= 4 is 27.9 Å². The predicted octanol–water partition coefficient (Wildman–Crippen LogP) is 2.72. The molecule has 3 N–H and O–H groups in total. The van der Waals surface area contributed by atoms with E-state index < -0.39 is 5.91 Å². The molecule has 0 unspecified atom stereocenters. The van der Waals surface area contributed by atoms with Gasteiger partial charge in [-0.15, -0.1) is 0 Å². The van der Waals surface area contributed by atoms with Gasteiger partial charge in [0.05, 0.1) is 12.7 Å². The molecule has 0 fully saturated rings. The summed E-state index contributed by atoms with van der Waals surface area (Å²) in [5.41, 5.74) is 2.84. The van der Waals surface area contributed by atoms with Crippen LogP contribution in [0, 0.1) is 0 Å². The molecule has 0 bridgehead atoms. The maximum Gasteiger partial charge on any atom is 0.258 e. The minimum absolute atomic E-state index is 0.399. The Hall–Kier alpha value is -2.05. The lowest BCUT2D eigenvalue weighted by Crippen LogP contribution is -2.27. The van der Waals surface area contributed by atoms with Crippen LogP contribution in [0.4, 0.5) is 0 Å². The fraction of sp³-hybridized carbons (Fsp3) is 0.0714. The highest BCUT2D eigenvalue weighted by atomic mass is 79.9. The van der Waals surface area contributed by atoms with Crippen molar-refractivity contribution in [1.29, 1.82) is 0 Å². The van der Waals surface area contributed by atoms with Crippen molar-refractivity contribution in [2.24, 2.45) is 5.84 Å². The van der Waals surface area contributed by atoms with Gasteiger partial charge in [-0.2, -0.15) is 0 Å². The second-order valence-corrected chi connectivity index (χ2v) is 4.80. The quantitative estimate of drug-likeness (QED) is 0.389. The van der Waals surface area contributed by atoms with Gasteiger partial charge in [0.1, 0.15) is 17.3 Å². The number of rotatable bonds is 4. The molecular weight excluding hydrogens is 324 g/mol. The summed E-state index contributed by atoms with van der Waals surface area (Å²) in [5, 5.41) is 0. The van der Waals surface area contributed by atoms with E-state index in [1.54, 1.807) is 13.2 Å². The number of furan rings is 1. The van der Waals surface area contributed by atoms with Crippen molar-refractivity contribution in [2.45, 2.75) is 0 Å². The molecule has 0 spiro atoms. The number of hydrogen-bond donors (Lipinski definition) is 2. The van der Waals surface area contributed by atoms with E-state index in [0.717, 1.165) is 10.0 Å². The summed E-state index contributed by atoms with van der Waals surface area (Å²) in [6.07, 6.45) is 2.83. The molecule has 0 aliphatic rings. The van der Waals surface area contributed by atoms with Crippen LogP contribution in [0.25, 0.3) is 17.4 Å². The van der Waals surface area contributed by atoms with Gasteiger partial charge in [-0.05, 0) is 36.4 Å². The Morgan fingerprint density at radius 2 is 2.20 bits per heavy atom. The molecule has 5 nitrogen and oxygen atoms in total. The van der Waals surface area contributed by atoms with Gasteiger partial charge >= 0.3 is 0 Å². The third-order valence-electron chi connectivity index (χ3n) is 2.60. The van der Waals surface area contributed by atoms with Crippen molar-refractivity contribution < 1.29 is 13.9 Å². The molecule has 6 heteroatoms. The van der Waals surface area contributed by atoms with Crippen molar-refractivity contribution in [2.75, 3.05) is 7.11 Å². The highest BCUT2D eigenvalue weighted by Gasteiger charge is 2.10. The highest BCUT2D eigenvalue weighted by molar-refractivity contribution is 9.10. The lowest BCUT2D eigenvalue weighted by atomic mass is 10.1.